The molecule has 0 saturated carbocycles. The van der Waals surface area contributed by atoms with Crippen LogP contribution in [0.1, 0.15) is 21.5 Å². The maximum atomic E-state index is 12.9. The second-order valence-corrected chi connectivity index (χ2v) is 5.68. The monoisotopic (exact) mass is 334 g/mol. The van der Waals surface area contributed by atoms with Crippen LogP contribution in [0, 0.1) is 5.82 Å². The molecule has 0 saturated heterocycles. The highest BCUT2D eigenvalue weighted by molar-refractivity contribution is 9.10. The van der Waals surface area contributed by atoms with Crippen LogP contribution in [0.5, 0.6) is 5.75 Å². The third-order valence-corrected chi connectivity index (χ3v) is 3.78. The van der Waals surface area contributed by atoms with Crippen LogP contribution < -0.4 is 4.74 Å². The summed E-state index contributed by atoms with van der Waals surface area (Å²) in [5, 5.41) is 0. The van der Waals surface area contributed by atoms with Crippen molar-refractivity contribution < 1.29 is 13.9 Å². The molecule has 0 aliphatic carbocycles. The van der Waals surface area contributed by atoms with Gasteiger partial charge in [-0.1, -0.05) is 28.1 Å². The number of benzene rings is 2. The van der Waals surface area contributed by atoms with Gasteiger partial charge in [0, 0.05) is 17.3 Å². The summed E-state index contributed by atoms with van der Waals surface area (Å²) in [7, 11) is 0. The first-order valence-corrected chi connectivity index (χ1v) is 7.15. The van der Waals surface area contributed by atoms with Gasteiger partial charge in [-0.15, -0.1) is 0 Å². The minimum Gasteiger partial charge on any atom is -0.492 e. The summed E-state index contributed by atoms with van der Waals surface area (Å²) in [5.41, 5.74) is 2.45. The average Bonchev–Trinajstić information content (AvgIpc) is 2.88. The molecule has 0 fully saturated rings. The maximum absolute atomic E-state index is 12.9. The summed E-state index contributed by atoms with van der Waals surface area (Å²) < 4.78 is 19.3. The Morgan fingerprint density at radius 2 is 2.00 bits per heavy atom. The van der Waals surface area contributed by atoms with Crippen LogP contribution in [0.25, 0.3) is 0 Å². The van der Waals surface area contributed by atoms with Gasteiger partial charge in [0.05, 0.1) is 12.2 Å². The highest BCUT2D eigenvalue weighted by Crippen LogP contribution is 2.33. The molecule has 0 spiro atoms. The van der Waals surface area contributed by atoms with E-state index < -0.39 is 0 Å². The van der Waals surface area contributed by atoms with E-state index in [2.05, 4.69) is 15.9 Å². The molecular weight excluding hydrogens is 323 g/mol. The van der Waals surface area contributed by atoms with Gasteiger partial charge in [-0.3, -0.25) is 4.79 Å². The van der Waals surface area contributed by atoms with E-state index in [0.717, 1.165) is 22.0 Å². The molecule has 2 nitrogen and oxygen atoms in total. The molecule has 0 unspecified atom stereocenters. The lowest BCUT2D eigenvalue weighted by molar-refractivity contribution is 0.0990. The fraction of sp³-hybridized carbons (Fsp3) is 0.188. The maximum Gasteiger partial charge on any atom is 0.171 e. The smallest absolute Gasteiger partial charge is 0.171 e. The van der Waals surface area contributed by atoms with Gasteiger partial charge in [0.15, 0.2) is 5.78 Å². The predicted octanol–water partition coefficient (Wildman–Crippen LogP) is 3.95. The molecule has 1 heterocycles. The van der Waals surface area contributed by atoms with Crippen molar-refractivity contribution in [3.05, 3.63) is 63.4 Å². The van der Waals surface area contributed by atoms with Crippen LogP contribution in [0.4, 0.5) is 4.39 Å². The molecule has 2 aromatic rings. The number of ether oxygens (including phenoxy) is 1. The summed E-state index contributed by atoms with van der Waals surface area (Å²) in [6.45, 7) is 0.614. The Bertz CT molecular complexity index is 665. The van der Waals surface area contributed by atoms with Crippen molar-refractivity contribution >= 4 is 21.7 Å². The van der Waals surface area contributed by atoms with Gasteiger partial charge in [-0.2, -0.15) is 0 Å². The van der Waals surface area contributed by atoms with Crippen molar-refractivity contribution in [2.45, 2.75) is 12.8 Å². The highest BCUT2D eigenvalue weighted by atomic mass is 79.9. The number of hydrogen-bond donors (Lipinski definition) is 0. The van der Waals surface area contributed by atoms with Crippen molar-refractivity contribution in [3.8, 4) is 5.75 Å². The van der Waals surface area contributed by atoms with E-state index in [0.29, 0.717) is 17.9 Å². The Kier molecular flexibility index (Phi) is 3.57. The molecule has 1 aliphatic rings. The lowest BCUT2D eigenvalue weighted by Gasteiger charge is -2.08. The number of fused-ring (bicyclic) bond motifs is 1. The second-order valence-electron chi connectivity index (χ2n) is 4.77. The molecule has 1 aliphatic heterocycles. The molecular formula is C16H12BrFO2. The van der Waals surface area contributed by atoms with Crippen LogP contribution in [0.2, 0.25) is 0 Å². The molecule has 0 N–H and O–H groups in total. The van der Waals surface area contributed by atoms with E-state index in [1.165, 1.54) is 12.1 Å². The van der Waals surface area contributed by atoms with Crippen LogP contribution in [0.3, 0.4) is 0 Å². The first-order chi connectivity index (χ1) is 9.63. The summed E-state index contributed by atoms with van der Waals surface area (Å²) in [6.07, 6.45) is 1.07. The van der Waals surface area contributed by atoms with Gasteiger partial charge in [-0.05, 0) is 35.4 Å². The number of ketones is 1. The largest absolute Gasteiger partial charge is 0.492 e. The molecule has 3 rings (SSSR count). The first kappa shape index (κ1) is 13.3. The van der Waals surface area contributed by atoms with Crippen LogP contribution in [-0.4, -0.2) is 12.4 Å². The third kappa shape index (κ3) is 2.61. The molecule has 0 amide bonds. The normalized spacial score (nSPS) is 12.9. The lowest BCUT2D eigenvalue weighted by Crippen LogP contribution is -2.06. The number of hydrogen-bond acceptors (Lipinski definition) is 2. The van der Waals surface area contributed by atoms with Crippen molar-refractivity contribution in [2.75, 3.05) is 6.61 Å². The lowest BCUT2D eigenvalue weighted by atomic mass is 10.00. The first-order valence-electron chi connectivity index (χ1n) is 6.36. The Morgan fingerprint density at radius 1 is 1.25 bits per heavy atom. The highest BCUT2D eigenvalue weighted by Gasteiger charge is 2.21. The number of Topliss-reactive ketones (excluding diaryl/α,β-unsaturated/α-hetero) is 1. The van der Waals surface area contributed by atoms with Crippen LogP contribution in [-0.2, 0) is 12.8 Å². The van der Waals surface area contributed by atoms with Gasteiger partial charge in [-0.25, -0.2) is 4.39 Å². The predicted molar refractivity (Wildman–Crippen MR) is 77.8 cm³/mol. The van der Waals surface area contributed by atoms with Gasteiger partial charge in [0.2, 0.25) is 0 Å². The fourth-order valence-corrected chi connectivity index (χ4v) is 2.86. The summed E-state index contributed by atoms with van der Waals surface area (Å²) >= 11 is 3.42. The van der Waals surface area contributed by atoms with Gasteiger partial charge < -0.3 is 4.74 Å². The number of carbonyl (C=O) groups is 1. The van der Waals surface area contributed by atoms with Crippen molar-refractivity contribution in [2.24, 2.45) is 0 Å². The summed E-state index contributed by atoms with van der Waals surface area (Å²) in [6, 6.07) is 9.76. The van der Waals surface area contributed by atoms with E-state index in [4.69, 9.17) is 4.74 Å². The Morgan fingerprint density at radius 3 is 2.75 bits per heavy atom. The Hall–Kier alpha value is -1.68. The standard InChI is InChI=1S/C16H12BrFO2/c17-12-8-11-5-6-20-16(11)14(9-12)15(19)7-10-1-3-13(18)4-2-10/h1-4,8-9H,5-7H2. The number of halogens is 2. The van der Waals surface area contributed by atoms with Gasteiger partial charge >= 0.3 is 0 Å². The van der Waals surface area contributed by atoms with Crippen molar-refractivity contribution in [1.29, 1.82) is 0 Å². The zero-order valence-electron chi connectivity index (χ0n) is 10.7. The molecule has 0 bridgehead atoms. The number of carbonyl (C=O) groups excluding carboxylic acids is 1. The Labute approximate surface area is 124 Å². The van der Waals surface area contributed by atoms with Crippen molar-refractivity contribution in [3.63, 3.8) is 0 Å². The van der Waals surface area contributed by atoms with E-state index in [1.54, 1.807) is 18.2 Å². The second kappa shape index (κ2) is 5.37. The van der Waals surface area contributed by atoms with E-state index >= 15 is 0 Å². The molecule has 0 aromatic heterocycles. The van der Waals surface area contributed by atoms with E-state index in [9.17, 15) is 9.18 Å². The van der Waals surface area contributed by atoms with Gasteiger partial charge in [0.25, 0.3) is 0 Å². The number of rotatable bonds is 3. The molecule has 0 radical (unpaired) electrons. The molecule has 102 valence electrons. The minimum absolute atomic E-state index is 0.0175. The third-order valence-electron chi connectivity index (χ3n) is 3.33. The van der Waals surface area contributed by atoms with Crippen LogP contribution in [0.15, 0.2) is 40.9 Å². The SMILES string of the molecule is O=C(Cc1ccc(F)cc1)c1cc(Br)cc2c1OCC2. The quantitative estimate of drug-likeness (QED) is 0.794. The average molecular weight is 335 g/mol. The molecule has 0 atom stereocenters. The van der Waals surface area contributed by atoms with E-state index in [1.807, 2.05) is 6.07 Å². The fourth-order valence-electron chi connectivity index (χ4n) is 2.36. The molecule has 4 heteroatoms. The summed E-state index contributed by atoms with van der Waals surface area (Å²) in [4.78, 5) is 12.4. The molecule has 20 heavy (non-hydrogen) atoms. The van der Waals surface area contributed by atoms with Crippen LogP contribution >= 0.6 is 15.9 Å². The zero-order valence-corrected chi connectivity index (χ0v) is 12.2. The van der Waals surface area contributed by atoms with Crippen molar-refractivity contribution in [1.82, 2.24) is 0 Å². The Balaban J connectivity index is 1.89. The molecule has 2 aromatic carbocycles. The minimum atomic E-state index is -0.298. The van der Waals surface area contributed by atoms with E-state index in [-0.39, 0.29) is 18.0 Å². The van der Waals surface area contributed by atoms with Gasteiger partial charge in [0.1, 0.15) is 11.6 Å². The summed E-state index contributed by atoms with van der Waals surface area (Å²) in [5.74, 6) is 0.379. The zero-order chi connectivity index (χ0) is 14.1. The topological polar surface area (TPSA) is 26.3 Å².